The van der Waals surface area contributed by atoms with Gasteiger partial charge in [-0.3, -0.25) is 0 Å². The van der Waals surface area contributed by atoms with E-state index >= 15 is 0 Å². The SMILES string of the molecule is CCCCC[C@H](O)CCC1C2CC(CO2)[C@@H]1C/C=C\CCCCO. The average molecular weight is 339 g/mol. The van der Waals surface area contributed by atoms with Crippen molar-refractivity contribution in [3.05, 3.63) is 12.2 Å². The first-order valence-corrected chi connectivity index (χ1v) is 10.3. The highest BCUT2D eigenvalue weighted by Gasteiger charge is 2.47. The molecule has 0 aromatic heterocycles. The molecule has 1 heterocycles. The van der Waals surface area contributed by atoms with Crippen LogP contribution in [0.15, 0.2) is 12.2 Å². The molecule has 140 valence electrons. The van der Waals surface area contributed by atoms with Crippen molar-refractivity contribution >= 4 is 0 Å². The lowest BCUT2D eigenvalue weighted by molar-refractivity contribution is -0.00612. The zero-order valence-corrected chi connectivity index (χ0v) is 15.5. The van der Waals surface area contributed by atoms with Crippen LogP contribution in [0.1, 0.15) is 77.6 Å². The van der Waals surface area contributed by atoms with Crippen molar-refractivity contribution in [2.75, 3.05) is 13.2 Å². The second-order valence-corrected chi connectivity index (χ2v) is 7.85. The summed E-state index contributed by atoms with van der Waals surface area (Å²) in [6, 6.07) is 0. The molecular weight excluding hydrogens is 300 g/mol. The van der Waals surface area contributed by atoms with E-state index < -0.39 is 0 Å². The topological polar surface area (TPSA) is 49.7 Å². The summed E-state index contributed by atoms with van der Waals surface area (Å²) in [7, 11) is 0. The highest BCUT2D eigenvalue weighted by atomic mass is 16.5. The van der Waals surface area contributed by atoms with E-state index in [0.717, 1.165) is 63.4 Å². The van der Waals surface area contributed by atoms with Gasteiger partial charge in [0.15, 0.2) is 0 Å². The highest BCUT2D eigenvalue weighted by Crippen LogP contribution is 2.48. The summed E-state index contributed by atoms with van der Waals surface area (Å²) in [5.74, 6) is 2.13. The zero-order valence-electron chi connectivity index (χ0n) is 15.5. The maximum atomic E-state index is 10.2. The monoisotopic (exact) mass is 338 g/mol. The molecule has 3 nitrogen and oxygen atoms in total. The fourth-order valence-corrected chi connectivity index (χ4v) is 4.58. The minimum atomic E-state index is -0.120. The van der Waals surface area contributed by atoms with E-state index in [1.165, 1.54) is 25.7 Å². The minimum absolute atomic E-state index is 0.120. The summed E-state index contributed by atoms with van der Waals surface area (Å²) in [5, 5.41) is 19.0. The predicted molar refractivity (Wildman–Crippen MR) is 98.9 cm³/mol. The van der Waals surface area contributed by atoms with Gasteiger partial charge in [-0.15, -0.1) is 0 Å². The van der Waals surface area contributed by atoms with Crippen molar-refractivity contribution in [1.82, 2.24) is 0 Å². The number of hydrogen-bond acceptors (Lipinski definition) is 3. The number of allylic oxidation sites excluding steroid dienone is 2. The lowest BCUT2D eigenvalue weighted by Gasteiger charge is -2.31. The third kappa shape index (κ3) is 6.16. The molecule has 2 bridgehead atoms. The van der Waals surface area contributed by atoms with Gasteiger partial charge in [-0.1, -0.05) is 38.3 Å². The molecule has 2 fully saturated rings. The van der Waals surface area contributed by atoms with Crippen LogP contribution in [-0.4, -0.2) is 35.6 Å². The first-order valence-electron chi connectivity index (χ1n) is 10.3. The maximum absolute atomic E-state index is 10.2. The third-order valence-electron chi connectivity index (χ3n) is 6.02. The van der Waals surface area contributed by atoms with Crippen molar-refractivity contribution in [3.63, 3.8) is 0 Å². The molecule has 0 radical (unpaired) electrons. The molecule has 1 aliphatic heterocycles. The molecule has 3 heteroatoms. The van der Waals surface area contributed by atoms with E-state index in [2.05, 4.69) is 19.1 Å². The lowest BCUT2D eigenvalue weighted by Crippen LogP contribution is -2.29. The number of aliphatic hydroxyl groups excluding tert-OH is 2. The molecule has 0 amide bonds. The van der Waals surface area contributed by atoms with E-state index in [0.29, 0.717) is 18.6 Å². The Hall–Kier alpha value is -0.380. The van der Waals surface area contributed by atoms with Crippen LogP contribution in [-0.2, 0) is 4.74 Å². The van der Waals surface area contributed by atoms with Crippen LogP contribution in [0.5, 0.6) is 0 Å². The van der Waals surface area contributed by atoms with Gasteiger partial charge >= 0.3 is 0 Å². The van der Waals surface area contributed by atoms with Crippen LogP contribution in [0.4, 0.5) is 0 Å². The van der Waals surface area contributed by atoms with Gasteiger partial charge in [0.05, 0.1) is 18.8 Å². The zero-order chi connectivity index (χ0) is 17.2. The molecular formula is C21H38O3. The van der Waals surface area contributed by atoms with Gasteiger partial charge < -0.3 is 14.9 Å². The number of hydrogen-bond donors (Lipinski definition) is 2. The minimum Gasteiger partial charge on any atom is -0.396 e. The van der Waals surface area contributed by atoms with E-state index in [-0.39, 0.29) is 6.10 Å². The van der Waals surface area contributed by atoms with Gasteiger partial charge in [0.1, 0.15) is 0 Å². The Labute approximate surface area is 148 Å². The summed E-state index contributed by atoms with van der Waals surface area (Å²) in [6.45, 7) is 3.46. The van der Waals surface area contributed by atoms with Crippen molar-refractivity contribution in [2.24, 2.45) is 17.8 Å². The predicted octanol–water partition coefficient (Wildman–Crippen LogP) is 4.47. The van der Waals surface area contributed by atoms with Gasteiger partial charge in [0, 0.05) is 6.61 Å². The fourth-order valence-electron chi connectivity index (χ4n) is 4.58. The third-order valence-corrected chi connectivity index (χ3v) is 6.02. The standard InChI is InChI=1S/C21H38O3/c1-2-3-7-10-18(23)12-13-20-19(17-15-21(20)24-16-17)11-8-5-4-6-9-14-22/h5,8,17-23H,2-4,6-7,9-16H2,1H3/b8-5-/t17?,18-,19-,20?,21?/m0/s1. The fraction of sp³-hybridized carbons (Fsp3) is 0.905. The highest BCUT2D eigenvalue weighted by molar-refractivity contribution is 4.99. The Balaban J connectivity index is 1.71. The number of aliphatic hydroxyl groups is 2. The number of ether oxygens (including phenoxy) is 1. The van der Waals surface area contributed by atoms with Crippen LogP contribution in [0, 0.1) is 17.8 Å². The van der Waals surface area contributed by atoms with Crippen LogP contribution in [0.3, 0.4) is 0 Å². The average Bonchev–Trinajstić information content (AvgIpc) is 3.18. The van der Waals surface area contributed by atoms with Crippen LogP contribution >= 0.6 is 0 Å². The normalized spacial score (nSPS) is 30.5. The molecule has 1 saturated heterocycles. The van der Waals surface area contributed by atoms with Gasteiger partial charge in [0.2, 0.25) is 0 Å². The van der Waals surface area contributed by atoms with Crippen molar-refractivity contribution < 1.29 is 14.9 Å². The first kappa shape index (κ1) is 19.9. The van der Waals surface area contributed by atoms with E-state index in [4.69, 9.17) is 9.84 Å². The van der Waals surface area contributed by atoms with E-state index in [1.807, 2.05) is 0 Å². The number of unbranched alkanes of at least 4 members (excludes halogenated alkanes) is 4. The Morgan fingerprint density at radius 3 is 2.75 bits per heavy atom. The van der Waals surface area contributed by atoms with Crippen molar-refractivity contribution in [2.45, 2.75) is 89.8 Å². The summed E-state index contributed by atoms with van der Waals surface area (Å²) in [4.78, 5) is 0. The Bertz CT molecular complexity index is 355. The molecule has 1 saturated carbocycles. The summed E-state index contributed by atoms with van der Waals surface area (Å²) in [5.41, 5.74) is 0. The molecule has 0 aromatic rings. The number of fused-ring (bicyclic) bond motifs is 2. The Kier molecular flexibility index (Phi) is 9.37. The largest absolute Gasteiger partial charge is 0.396 e. The molecule has 2 N–H and O–H groups in total. The maximum Gasteiger partial charge on any atom is 0.0609 e. The van der Waals surface area contributed by atoms with Gasteiger partial charge in [0.25, 0.3) is 0 Å². The summed E-state index contributed by atoms with van der Waals surface area (Å²) < 4.78 is 5.95. The Morgan fingerprint density at radius 1 is 1.08 bits per heavy atom. The quantitative estimate of drug-likeness (QED) is 0.385. The van der Waals surface area contributed by atoms with Crippen molar-refractivity contribution in [1.29, 1.82) is 0 Å². The van der Waals surface area contributed by atoms with E-state index in [1.54, 1.807) is 0 Å². The molecule has 24 heavy (non-hydrogen) atoms. The molecule has 1 aliphatic carbocycles. The lowest BCUT2D eigenvalue weighted by atomic mass is 9.81. The molecule has 0 aromatic carbocycles. The van der Waals surface area contributed by atoms with Gasteiger partial charge in [-0.25, -0.2) is 0 Å². The second-order valence-electron chi connectivity index (χ2n) is 7.85. The first-order chi connectivity index (χ1) is 11.8. The summed E-state index contributed by atoms with van der Waals surface area (Å²) >= 11 is 0. The molecule has 2 aliphatic rings. The van der Waals surface area contributed by atoms with E-state index in [9.17, 15) is 5.11 Å². The number of rotatable bonds is 13. The van der Waals surface area contributed by atoms with Gasteiger partial charge in [-0.05, 0) is 69.1 Å². The van der Waals surface area contributed by atoms with Crippen LogP contribution < -0.4 is 0 Å². The van der Waals surface area contributed by atoms with Crippen molar-refractivity contribution in [3.8, 4) is 0 Å². The Morgan fingerprint density at radius 2 is 1.96 bits per heavy atom. The van der Waals surface area contributed by atoms with Gasteiger partial charge in [-0.2, -0.15) is 0 Å². The molecule has 3 unspecified atom stereocenters. The molecule has 2 rings (SSSR count). The second kappa shape index (κ2) is 11.3. The van der Waals surface area contributed by atoms with Crippen LogP contribution in [0.2, 0.25) is 0 Å². The van der Waals surface area contributed by atoms with Crippen LogP contribution in [0.25, 0.3) is 0 Å². The summed E-state index contributed by atoms with van der Waals surface area (Å²) in [6.07, 6.45) is 17.1. The molecule has 5 atom stereocenters. The smallest absolute Gasteiger partial charge is 0.0609 e. The molecule has 0 spiro atoms.